The van der Waals surface area contributed by atoms with E-state index in [1.807, 2.05) is 24.3 Å². The maximum Gasteiger partial charge on any atom is 0.184 e. The smallest absolute Gasteiger partial charge is 0.184 e. The molecule has 1 aromatic rings. The molecule has 3 N–H and O–H groups in total. The summed E-state index contributed by atoms with van der Waals surface area (Å²) >= 11 is 4.61. The van der Waals surface area contributed by atoms with E-state index in [-0.39, 0.29) is 5.11 Å². The molecule has 0 heterocycles. The van der Waals surface area contributed by atoms with Gasteiger partial charge in [0.25, 0.3) is 0 Å². The van der Waals surface area contributed by atoms with Gasteiger partial charge in [0.15, 0.2) is 5.11 Å². The molecule has 84 valence electrons. The first kappa shape index (κ1) is 12.2. The third-order valence-corrected chi connectivity index (χ3v) is 1.71. The van der Waals surface area contributed by atoms with Gasteiger partial charge in [-0.05, 0) is 29.9 Å². The molecule has 4 nitrogen and oxygen atoms in total. The van der Waals surface area contributed by atoms with Gasteiger partial charge in [0, 0.05) is 0 Å². The molecule has 5 heteroatoms. The molecule has 0 unspecified atom stereocenters. The second-order valence-corrected chi connectivity index (χ2v) is 3.35. The summed E-state index contributed by atoms with van der Waals surface area (Å²) in [5.74, 6) is 0.763. The zero-order valence-electron chi connectivity index (χ0n) is 8.72. The average Bonchev–Trinajstić information content (AvgIpc) is 2.26. The third kappa shape index (κ3) is 4.56. The fourth-order valence-electron chi connectivity index (χ4n) is 1.01. The number of ether oxygens (including phenoxy) is 1. The van der Waals surface area contributed by atoms with Crippen LogP contribution in [-0.2, 0) is 0 Å². The van der Waals surface area contributed by atoms with Crippen molar-refractivity contribution >= 4 is 23.5 Å². The highest BCUT2D eigenvalue weighted by Gasteiger charge is 1.93. The average molecular weight is 235 g/mol. The summed E-state index contributed by atoms with van der Waals surface area (Å²) in [5, 5.41) is 3.98. The highest BCUT2D eigenvalue weighted by atomic mass is 32.1. The summed E-state index contributed by atoms with van der Waals surface area (Å²) < 4.78 is 5.37. The van der Waals surface area contributed by atoms with Crippen LogP contribution in [0.25, 0.3) is 0 Å². The molecule has 0 radical (unpaired) electrons. The number of benzene rings is 1. The number of rotatable bonds is 5. The van der Waals surface area contributed by atoms with Gasteiger partial charge in [0.05, 0.1) is 6.21 Å². The first-order valence-electron chi connectivity index (χ1n) is 4.64. The fraction of sp³-hybridized carbons (Fsp3) is 0.0909. The largest absolute Gasteiger partial charge is 0.490 e. The van der Waals surface area contributed by atoms with Crippen LogP contribution >= 0.6 is 12.2 Å². The topological polar surface area (TPSA) is 59.6 Å². The minimum Gasteiger partial charge on any atom is -0.490 e. The quantitative estimate of drug-likeness (QED) is 0.351. The maximum absolute atomic E-state index is 5.37. The van der Waals surface area contributed by atoms with Crippen LogP contribution in [0.15, 0.2) is 42.0 Å². The van der Waals surface area contributed by atoms with Crippen LogP contribution in [0, 0.1) is 0 Å². The van der Waals surface area contributed by atoms with Gasteiger partial charge in [0.1, 0.15) is 12.4 Å². The van der Waals surface area contributed by atoms with Gasteiger partial charge in [0.2, 0.25) is 0 Å². The van der Waals surface area contributed by atoms with E-state index < -0.39 is 0 Å². The molecule has 0 atom stereocenters. The SMILES string of the molecule is C=CCOc1cccc(/C=N\NC(N)=S)c1. The lowest BCUT2D eigenvalue weighted by molar-refractivity contribution is 0.363. The van der Waals surface area contributed by atoms with Gasteiger partial charge in [-0.2, -0.15) is 5.10 Å². The monoisotopic (exact) mass is 235 g/mol. The van der Waals surface area contributed by atoms with Crippen molar-refractivity contribution in [3.63, 3.8) is 0 Å². The molecule has 0 spiro atoms. The van der Waals surface area contributed by atoms with Gasteiger partial charge in [-0.3, -0.25) is 5.43 Å². The van der Waals surface area contributed by atoms with Crippen LogP contribution in [0.1, 0.15) is 5.56 Å². The van der Waals surface area contributed by atoms with Crippen molar-refractivity contribution in [3.05, 3.63) is 42.5 Å². The summed E-state index contributed by atoms with van der Waals surface area (Å²) in [7, 11) is 0. The third-order valence-electron chi connectivity index (χ3n) is 1.61. The Kier molecular flexibility index (Phi) is 5.01. The normalized spacial score (nSPS) is 10.0. The predicted octanol–water partition coefficient (Wildman–Crippen LogP) is 1.42. The van der Waals surface area contributed by atoms with Crippen molar-refractivity contribution in [2.24, 2.45) is 10.8 Å². The summed E-state index contributed by atoms with van der Waals surface area (Å²) in [4.78, 5) is 0. The van der Waals surface area contributed by atoms with Gasteiger partial charge in [-0.1, -0.05) is 24.8 Å². The van der Waals surface area contributed by atoms with E-state index in [1.54, 1.807) is 12.3 Å². The molecule has 0 amide bonds. The molecule has 0 aliphatic heterocycles. The minimum absolute atomic E-state index is 0.135. The van der Waals surface area contributed by atoms with Crippen molar-refractivity contribution in [1.82, 2.24) is 5.43 Å². The van der Waals surface area contributed by atoms with Gasteiger partial charge >= 0.3 is 0 Å². The molecule has 0 fully saturated rings. The Labute approximate surface area is 99.8 Å². The molecule has 0 saturated carbocycles. The Bertz CT molecular complexity index is 404. The van der Waals surface area contributed by atoms with Crippen LogP contribution in [0.5, 0.6) is 5.75 Å². The molecule has 0 aromatic heterocycles. The number of nitrogens with zero attached hydrogens (tertiary/aromatic N) is 1. The van der Waals surface area contributed by atoms with Crippen molar-refractivity contribution < 1.29 is 4.74 Å². The van der Waals surface area contributed by atoms with E-state index in [9.17, 15) is 0 Å². The lowest BCUT2D eigenvalue weighted by Gasteiger charge is -2.03. The van der Waals surface area contributed by atoms with Gasteiger partial charge in [-0.15, -0.1) is 0 Å². The second-order valence-electron chi connectivity index (χ2n) is 2.91. The van der Waals surface area contributed by atoms with E-state index in [2.05, 4.69) is 29.3 Å². The second kappa shape index (κ2) is 6.58. The molecule has 16 heavy (non-hydrogen) atoms. The molecule has 0 aliphatic rings. The number of nitrogens with one attached hydrogen (secondary N) is 1. The first-order valence-corrected chi connectivity index (χ1v) is 5.05. The van der Waals surface area contributed by atoms with Crippen molar-refractivity contribution in [2.75, 3.05) is 6.61 Å². The maximum atomic E-state index is 5.37. The summed E-state index contributed by atoms with van der Waals surface area (Å²) in [5.41, 5.74) is 8.60. The number of hydrogen-bond acceptors (Lipinski definition) is 3. The minimum atomic E-state index is 0.135. The molecule has 1 rings (SSSR count). The summed E-state index contributed by atoms with van der Waals surface area (Å²) in [6, 6.07) is 7.49. The van der Waals surface area contributed by atoms with Crippen molar-refractivity contribution in [3.8, 4) is 5.75 Å². The Morgan fingerprint density at radius 2 is 2.44 bits per heavy atom. The van der Waals surface area contributed by atoms with Crippen LogP contribution in [0.2, 0.25) is 0 Å². The summed E-state index contributed by atoms with van der Waals surface area (Å²) in [6.45, 7) is 4.06. The lowest BCUT2D eigenvalue weighted by Crippen LogP contribution is -2.23. The molecule has 0 saturated heterocycles. The Hall–Kier alpha value is -1.88. The van der Waals surface area contributed by atoms with E-state index in [4.69, 9.17) is 10.5 Å². The predicted molar refractivity (Wildman–Crippen MR) is 69.6 cm³/mol. The highest BCUT2D eigenvalue weighted by Crippen LogP contribution is 2.11. The standard InChI is InChI=1S/C11H13N3OS/c1-2-6-15-10-5-3-4-9(7-10)8-13-14-11(12)16/h2-5,7-8H,1,6H2,(H3,12,14,16)/b13-8-. The molecular weight excluding hydrogens is 222 g/mol. The van der Waals surface area contributed by atoms with E-state index in [0.29, 0.717) is 6.61 Å². The number of nitrogens with two attached hydrogens (primary N) is 1. The van der Waals surface area contributed by atoms with Crippen LogP contribution < -0.4 is 15.9 Å². The van der Waals surface area contributed by atoms with Crippen LogP contribution in [0.4, 0.5) is 0 Å². The number of thiocarbonyl (C=S) groups is 1. The van der Waals surface area contributed by atoms with Crippen molar-refractivity contribution in [2.45, 2.75) is 0 Å². The van der Waals surface area contributed by atoms with Gasteiger partial charge < -0.3 is 10.5 Å². The van der Waals surface area contributed by atoms with E-state index in [1.165, 1.54) is 0 Å². The zero-order valence-corrected chi connectivity index (χ0v) is 9.54. The van der Waals surface area contributed by atoms with E-state index in [0.717, 1.165) is 11.3 Å². The Morgan fingerprint density at radius 3 is 3.12 bits per heavy atom. The molecule has 0 aliphatic carbocycles. The molecule has 0 bridgehead atoms. The first-order chi connectivity index (χ1) is 7.72. The lowest BCUT2D eigenvalue weighted by atomic mass is 10.2. The molecular formula is C11H13N3OS. The number of hydrazone groups is 1. The van der Waals surface area contributed by atoms with Crippen LogP contribution in [0.3, 0.4) is 0 Å². The molecule has 1 aromatic carbocycles. The van der Waals surface area contributed by atoms with Crippen LogP contribution in [-0.4, -0.2) is 17.9 Å². The highest BCUT2D eigenvalue weighted by molar-refractivity contribution is 7.80. The zero-order chi connectivity index (χ0) is 11.8. The Morgan fingerprint density at radius 1 is 1.62 bits per heavy atom. The summed E-state index contributed by atoms with van der Waals surface area (Å²) in [6.07, 6.45) is 3.30. The Balaban J connectivity index is 2.62. The number of hydrogen-bond donors (Lipinski definition) is 2. The van der Waals surface area contributed by atoms with Gasteiger partial charge in [-0.25, -0.2) is 0 Å². The van der Waals surface area contributed by atoms with E-state index >= 15 is 0 Å². The van der Waals surface area contributed by atoms with Crippen molar-refractivity contribution in [1.29, 1.82) is 0 Å². The fourth-order valence-corrected chi connectivity index (χ4v) is 1.06.